The van der Waals surface area contributed by atoms with E-state index in [0.717, 1.165) is 29.3 Å². The lowest BCUT2D eigenvalue weighted by Crippen LogP contribution is -2.39. The average molecular weight is 305 g/mol. The molecule has 1 fully saturated rings. The Hall–Kier alpha value is -1.50. The molecule has 0 unspecified atom stereocenters. The highest BCUT2D eigenvalue weighted by atomic mass is 32.2. The third-order valence-corrected chi connectivity index (χ3v) is 5.85. The number of rotatable bonds is 4. The van der Waals surface area contributed by atoms with Crippen molar-refractivity contribution >= 4 is 21.1 Å². The average Bonchev–Trinajstić information content (AvgIpc) is 3.02. The first-order chi connectivity index (χ1) is 10.1. The Labute approximate surface area is 125 Å². The molecule has 0 saturated carbocycles. The summed E-state index contributed by atoms with van der Waals surface area (Å²) in [4.78, 5) is 4.31. The molecule has 1 aliphatic rings. The molecule has 0 bridgehead atoms. The van der Waals surface area contributed by atoms with Gasteiger partial charge in [0.25, 0.3) is 10.2 Å². The maximum Gasteiger partial charge on any atom is 0.282 e. The Balaban J connectivity index is 1.88. The van der Waals surface area contributed by atoms with Gasteiger partial charge in [-0.15, -0.1) is 0 Å². The van der Waals surface area contributed by atoms with Gasteiger partial charge in [0.2, 0.25) is 0 Å². The standard InChI is InChI=1S/C15H19N3O2S/c1-17(21(19,20)18-10-4-5-11-18)12-13-8-9-16-15-7-3-2-6-14(13)15/h2-3,6-9H,4-5,10-12H2,1H3. The molecular formula is C15H19N3O2S. The van der Waals surface area contributed by atoms with Crippen LogP contribution in [0.25, 0.3) is 10.9 Å². The number of hydrogen-bond donors (Lipinski definition) is 0. The van der Waals surface area contributed by atoms with Crippen molar-refractivity contribution in [3.05, 3.63) is 42.1 Å². The molecule has 0 aliphatic carbocycles. The first-order valence-electron chi connectivity index (χ1n) is 7.13. The summed E-state index contributed by atoms with van der Waals surface area (Å²) in [6, 6.07) is 9.69. The molecule has 5 nitrogen and oxygen atoms in total. The molecule has 1 saturated heterocycles. The van der Waals surface area contributed by atoms with E-state index in [0.29, 0.717) is 19.6 Å². The number of hydrogen-bond acceptors (Lipinski definition) is 3. The van der Waals surface area contributed by atoms with Gasteiger partial charge in [-0.05, 0) is 30.5 Å². The smallest absolute Gasteiger partial charge is 0.256 e. The Morgan fingerprint density at radius 3 is 2.67 bits per heavy atom. The second-order valence-electron chi connectivity index (χ2n) is 5.36. The highest BCUT2D eigenvalue weighted by Gasteiger charge is 2.29. The molecule has 0 N–H and O–H groups in total. The quantitative estimate of drug-likeness (QED) is 0.868. The summed E-state index contributed by atoms with van der Waals surface area (Å²) in [6.07, 6.45) is 3.63. The van der Waals surface area contributed by atoms with Crippen molar-refractivity contribution in [1.82, 2.24) is 13.6 Å². The van der Waals surface area contributed by atoms with Crippen LogP contribution in [0.4, 0.5) is 0 Å². The summed E-state index contributed by atoms with van der Waals surface area (Å²) in [6.45, 7) is 1.62. The lowest BCUT2D eigenvalue weighted by Gasteiger charge is -2.24. The topological polar surface area (TPSA) is 53.5 Å². The van der Waals surface area contributed by atoms with E-state index in [1.54, 1.807) is 17.5 Å². The first kappa shape index (κ1) is 14.4. The highest BCUT2D eigenvalue weighted by molar-refractivity contribution is 7.86. The summed E-state index contributed by atoms with van der Waals surface area (Å²) in [5.74, 6) is 0. The number of pyridine rings is 1. The molecule has 2 heterocycles. The van der Waals surface area contributed by atoms with E-state index in [9.17, 15) is 8.42 Å². The fraction of sp³-hybridized carbons (Fsp3) is 0.400. The number of para-hydroxylation sites is 1. The summed E-state index contributed by atoms with van der Waals surface area (Å²) in [5.41, 5.74) is 1.87. The molecule has 0 radical (unpaired) electrons. The van der Waals surface area contributed by atoms with Crippen molar-refractivity contribution in [2.45, 2.75) is 19.4 Å². The molecule has 0 spiro atoms. The van der Waals surface area contributed by atoms with E-state index in [2.05, 4.69) is 4.98 Å². The minimum atomic E-state index is -3.36. The van der Waals surface area contributed by atoms with E-state index in [-0.39, 0.29) is 0 Å². The van der Waals surface area contributed by atoms with Crippen molar-refractivity contribution in [2.24, 2.45) is 0 Å². The van der Waals surface area contributed by atoms with Gasteiger partial charge in [0.05, 0.1) is 5.52 Å². The number of nitrogens with zero attached hydrogens (tertiary/aromatic N) is 3. The third kappa shape index (κ3) is 2.79. The van der Waals surface area contributed by atoms with Crippen LogP contribution in [0.1, 0.15) is 18.4 Å². The largest absolute Gasteiger partial charge is 0.282 e. The van der Waals surface area contributed by atoms with E-state index in [1.807, 2.05) is 30.3 Å². The minimum Gasteiger partial charge on any atom is -0.256 e. The Kier molecular flexibility index (Phi) is 3.93. The predicted molar refractivity (Wildman–Crippen MR) is 82.9 cm³/mol. The summed E-state index contributed by atoms with van der Waals surface area (Å²) in [5, 5.41) is 1.00. The van der Waals surface area contributed by atoms with Crippen molar-refractivity contribution in [3.8, 4) is 0 Å². The van der Waals surface area contributed by atoms with E-state index >= 15 is 0 Å². The van der Waals surface area contributed by atoms with Crippen LogP contribution in [-0.4, -0.2) is 42.1 Å². The number of fused-ring (bicyclic) bond motifs is 1. The Morgan fingerprint density at radius 1 is 1.19 bits per heavy atom. The molecule has 3 rings (SSSR count). The fourth-order valence-corrected chi connectivity index (χ4v) is 4.15. The zero-order valence-electron chi connectivity index (χ0n) is 12.1. The lowest BCUT2D eigenvalue weighted by atomic mass is 10.1. The monoisotopic (exact) mass is 305 g/mol. The molecule has 21 heavy (non-hydrogen) atoms. The molecule has 0 atom stereocenters. The van der Waals surface area contributed by atoms with Crippen LogP contribution in [0.5, 0.6) is 0 Å². The van der Waals surface area contributed by atoms with Crippen LogP contribution >= 0.6 is 0 Å². The van der Waals surface area contributed by atoms with Crippen molar-refractivity contribution in [3.63, 3.8) is 0 Å². The van der Waals surface area contributed by atoms with Gasteiger partial charge in [0.15, 0.2) is 0 Å². The van der Waals surface area contributed by atoms with E-state index < -0.39 is 10.2 Å². The van der Waals surface area contributed by atoms with Gasteiger partial charge in [-0.3, -0.25) is 4.98 Å². The Bertz CT molecular complexity index is 734. The van der Waals surface area contributed by atoms with Crippen LogP contribution in [-0.2, 0) is 16.8 Å². The normalized spacial score (nSPS) is 16.9. The summed E-state index contributed by atoms with van der Waals surface area (Å²) >= 11 is 0. The molecule has 112 valence electrons. The molecule has 0 amide bonds. The summed E-state index contributed by atoms with van der Waals surface area (Å²) < 4.78 is 28.0. The van der Waals surface area contributed by atoms with Gasteiger partial charge in [-0.25, -0.2) is 0 Å². The highest BCUT2D eigenvalue weighted by Crippen LogP contribution is 2.21. The van der Waals surface area contributed by atoms with Gasteiger partial charge in [0.1, 0.15) is 0 Å². The van der Waals surface area contributed by atoms with Crippen molar-refractivity contribution in [1.29, 1.82) is 0 Å². The van der Waals surface area contributed by atoms with Gasteiger partial charge in [-0.1, -0.05) is 18.2 Å². The first-order valence-corrected chi connectivity index (χ1v) is 8.53. The minimum absolute atomic E-state index is 0.363. The predicted octanol–water partition coefficient (Wildman–Crippen LogP) is 2.01. The zero-order chi connectivity index (χ0) is 14.9. The fourth-order valence-electron chi connectivity index (χ4n) is 2.73. The number of aromatic nitrogens is 1. The van der Waals surface area contributed by atoms with Gasteiger partial charge >= 0.3 is 0 Å². The van der Waals surface area contributed by atoms with Gasteiger partial charge < -0.3 is 0 Å². The van der Waals surface area contributed by atoms with Crippen LogP contribution < -0.4 is 0 Å². The molecule has 2 aromatic rings. The van der Waals surface area contributed by atoms with Crippen LogP contribution in [0.15, 0.2) is 36.5 Å². The molecule has 6 heteroatoms. The maximum absolute atomic E-state index is 12.5. The third-order valence-electron chi connectivity index (χ3n) is 3.92. The second-order valence-corrected chi connectivity index (χ2v) is 7.39. The summed E-state index contributed by atoms with van der Waals surface area (Å²) in [7, 11) is -1.72. The SMILES string of the molecule is CN(Cc1ccnc2ccccc12)S(=O)(=O)N1CCCC1. The maximum atomic E-state index is 12.5. The van der Waals surface area contributed by atoms with Crippen LogP contribution in [0, 0.1) is 0 Å². The van der Waals surface area contributed by atoms with Gasteiger partial charge in [-0.2, -0.15) is 17.0 Å². The van der Waals surface area contributed by atoms with E-state index in [1.165, 1.54) is 4.31 Å². The molecule has 1 aromatic heterocycles. The van der Waals surface area contributed by atoms with Crippen LogP contribution in [0.2, 0.25) is 0 Å². The van der Waals surface area contributed by atoms with Crippen molar-refractivity contribution in [2.75, 3.05) is 20.1 Å². The lowest BCUT2D eigenvalue weighted by molar-refractivity contribution is 0.392. The molecule has 1 aromatic carbocycles. The van der Waals surface area contributed by atoms with E-state index in [4.69, 9.17) is 0 Å². The zero-order valence-corrected chi connectivity index (χ0v) is 12.9. The van der Waals surface area contributed by atoms with Crippen LogP contribution in [0.3, 0.4) is 0 Å². The number of benzene rings is 1. The van der Waals surface area contributed by atoms with Crippen molar-refractivity contribution < 1.29 is 8.42 Å². The van der Waals surface area contributed by atoms with Gasteiger partial charge in [0, 0.05) is 38.3 Å². The Morgan fingerprint density at radius 2 is 1.90 bits per heavy atom. The molecular weight excluding hydrogens is 286 g/mol. The molecule has 1 aliphatic heterocycles. The second kappa shape index (κ2) is 5.71.